The number of carbonyl (C=O) groups excluding carboxylic acids is 1. The number of amides is 1. The molecular formula is C15H17N3O2. The number of hydrogen-bond acceptors (Lipinski definition) is 3. The van der Waals surface area contributed by atoms with Gasteiger partial charge in [0.05, 0.1) is 12.6 Å². The van der Waals surface area contributed by atoms with Crippen LogP contribution in [0.25, 0.3) is 0 Å². The van der Waals surface area contributed by atoms with Crippen LogP contribution in [0.2, 0.25) is 0 Å². The summed E-state index contributed by atoms with van der Waals surface area (Å²) in [4.78, 5) is 16.2. The minimum absolute atomic E-state index is 0.00824. The van der Waals surface area contributed by atoms with Crippen LogP contribution in [0.15, 0.2) is 36.7 Å². The molecule has 2 aromatic rings. The Labute approximate surface area is 117 Å². The van der Waals surface area contributed by atoms with E-state index in [9.17, 15) is 4.79 Å². The van der Waals surface area contributed by atoms with E-state index in [0.717, 1.165) is 17.9 Å². The number of rotatable bonds is 3. The molecule has 0 aliphatic carbocycles. The Hall–Kier alpha value is -2.14. The lowest BCUT2D eigenvalue weighted by atomic mass is 10.1. The molecular weight excluding hydrogens is 254 g/mol. The Morgan fingerprint density at radius 3 is 3.05 bits per heavy atom. The van der Waals surface area contributed by atoms with Crippen LogP contribution in [0, 0.1) is 6.92 Å². The van der Waals surface area contributed by atoms with Crippen LogP contribution in [0.5, 0.6) is 0 Å². The van der Waals surface area contributed by atoms with E-state index in [0.29, 0.717) is 18.7 Å². The average Bonchev–Trinajstić information content (AvgIpc) is 2.93. The Morgan fingerprint density at radius 1 is 1.45 bits per heavy atom. The summed E-state index contributed by atoms with van der Waals surface area (Å²) < 4.78 is 7.73. The summed E-state index contributed by atoms with van der Waals surface area (Å²) in [5.41, 5.74) is 1.82. The standard InChI is InChI=1S/C15H17N3O2/c1-11-2-4-12(5-3-11)15(19)17-8-13-9-18-7-6-16-14(18)10-20-13/h2-7,13H,8-10H2,1H3,(H,17,19)/t13-/m0/s1. The summed E-state index contributed by atoms with van der Waals surface area (Å²) in [7, 11) is 0. The van der Waals surface area contributed by atoms with Crippen molar-refractivity contribution in [3.63, 3.8) is 0 Å². The fourth-order valence-electron chi connectivity index (χ4n) is 2.25. The first kappa shape index (κ1) is 12.9. The molecule has 1 aliphatic rings. The van der Waals surface area contributed by atoms with Crippen LogP contribution < -0.4 is 5.32 Å². The number of imidazole rings is 1. The number of nitrogens with zero attached hydrogens (tertiary/aromatic N) is 2. The van der Waals surface area contributed by atoms with Gasteiger partial charge in [-0.2, -0.15) is 0 Å². The van der Waals surface area contributed by atoms with Crippen molar-refractivity contribution in [2.24, 2.45) is 0 Å². The van der Waals surface area contributed by atoms with Gasteiger partial charge in [0.15, 0.2) is 0 Å². The zero-order chi connectivity index (χ0) is 13.9. The minimum atomic E-state index is -0.0648. The molecule has 1 N–H and O–H groups in total. The van der Waals surface area contributed by atoms with E-state index in [1.807, 2.05) is 37.4 Å². The average molecular weight is 271 g/mol. The lowest BCUT2D eigenvalue weighted by Crippen LogP contribution is -2.38. The zero-order valence-corrected chi connectivity index (χ0v) is 11.4. The number of hydrogen-bond donors (Lipinski definition) is 1. The minimum Gasteiger partial charge on any atom is -0.367 e. The first-order valence-corrected chi connectivity index (χ1v) is 6.69. The fourth-order valence-corrected chi connectivity index (χ4v) is 2.25. The van der Waals surface area contributed by atoms with Gasteiger partial charge >= 0.3 is 0 Å². The zero-order valence-electron chi connectivity index (χ0n) is 11.4. The molecule has 0 saturated carbocycles. The number of nitrogens with one attached hydrogen (secondary N) is 1. The molecule has 2 heterocycles. The lowest BCUT2D eigenvalue weighted by Gasteiger charge is -2.24. The smallest absolute Gasteiger partial charge is 0.251 e. The van der Waals surface area contributed by atoms with Crippen molar-refractivity contribution in [2.75, 3.05) is 6.54 Å². The fraction of sp³-hybridized carbons (Fsp3) is 0.333. The second kappa shape index (κ2) is 5.46. The molecule has 20 heavy (non-hydrogen) atoms. The SMILES string of the molecule is Cc1ccc(C(=O)NC[C@H]2Cn3ccnc3CO2)cc1. The summed E-state index contributed by atoms with van der Waals surface area (Å²) >= 11 is 0. The molecule has 5 heteroatoms. The number of aromatic nitrogens is 2. The maximum Gasteiger partial charge on any atom is 0.251 e. The van der Waals surface area contributed by atoms with Gasteiger partial charge in [0.2, 0.25) is 0 Å². The van der Waals surface area contributed by atoms with E-state index in [4.69, 9.17) is 4.74 Å². The van der Waals surface area contributed by atoms with Crippen molar-refractivity contribution >= 4 is 5.91 Å². The highest BCUT2D eigenvalue weighted by atomic mass is 16.5. The molecule has 1 amide bonds. The molecule has 0 unspecified atom stereocenters. The molecule has 1 aromatic carbocycles. The molecule has 0 spiro atoms. The van der Waals surface area contributed by atoms with Crippen molar-refractivity contribution in [1.29, 1.82) is 0 Å². The summed E-state index contributed by atoms with van der Waals surface area (Å²) in [6, 6.07) is 7.54. The third kappa shape index (κ3) is 2.72. The van der Waals surface area contributed by atoms with E-state index < -0.39 is 0 Å². The Balaban J connectivity index is 1.55. The van der Waals surface area contributed by atoms with Gasteiger partial charge in [0.25, 0.3) is 5.91 Å². The predicted molar refractivity (Wildman–Crippen MR) is 74.3 cm³/mol. The monoisotopic (exact) mass is 271 g/mol. The Bertz CT molecular complexity index is 604. The van der Waals surface area contributed by atoms with E-state index >= 15 is 0 Å². The van der Waals surface area contributed by atoms with Gasteiger partial charge in [-0.3, -0.25) is 4.79 Å². The first-order valence-electron chi connectivity index (χ1n) is 6.69. The van der Waals surface area contributed by atoms with Gasteiger partial charge in [-0.1, -0.05) is 17.7 Å². The number of benzene rings is 1. The highest BCUT2D eigenvalue weighted by Crippen LogP contribution is 2.11. The van der Waals surface area contributed by atoms with Crippen molar-refractivity contribution in [1.82, 2.24) is 14.9 Å². The van der Waals surface area contributed by atoms with Gasteiger partial charge in [0, 0.05) is 24.5 Å². The molecule has 5 nitrogen and oxygen atoms in total. The van der Waals surface area contributed by atoms with Gasteiger partial charge < -0.3 is 14.6 Å². The molecule has 104 valence electrons. The third-order valence-electron chi connectivity index (χ3n) is 3.45. The van der Waals surface area contributed by atoms with E-state index in [1.165, 1.54) is 0 Å². The van der Waals surface area contributed by atoms with Gasteiger partial charge in [-0.15, -0.1) is 0 Å². The summed E-state index contributed by atoms with van der Waals surface area (Å²) in [5, 5.41) is 2.91. The maximum absolute atomic E-state index is 12.0. The van der Waals surface area contributed by atoms with Crippen molar-refractivity contribution in [3.05, 3.63) is 53.6 Å². The van der Waals surface area contributed by atoms with Crippen LogP contribution >= 0.6 is 0 Å². The van der Waals surface area contributed by atoms with Crippen LogP contribution in [0.3, 0.4) is 0 Å². The molecule has 0 saturated heterocycles. The van der Waals surface area contributed by atoms with E-state index in [2.05, 4.69) is 14.9 Å². The molecule has 3 rings (SSSR count). The van der Waals surface area contributed by atoms with Gasteiger partial charge in [0.1, 0.15) is 12.4 Å². The van der Waals surface area contributed by atoms with Crippen molar-refractivity contribution in [3.8, 4) is 0 Å². The normalized spacial score (nSPS) is 17.6. The first-order chi connectivity index (χ1) is 9.72. The van der Waals surface area contributed by atoms with Crippen LogP contribution in [-0.2, 0) is 17.9 Å². The molecule has 0 bridgehead atoms. The van der Waals surface area contributed by atoms with Crippen LogP contribution in [0.4, 0.5) is 0 Å². The third-order valence-corrected chi connectivity index (χ3v) is 3.45. The summed E-state index contributed by atoms with van der Waals surface area (Å²) in [5.74, 6) is 0.871. The maximum atomic E-state index is 12.0. The highest BCUT2D eigenvalue weighted by molar-refractivity contribution is 5.94. The molecule has 1 aliphatic heterocycles. The van der Waals surface area contributed by atoms with Crippen molar-refractivity contribution < 1.29 is 9.53 Å². The number of carbonyl (C=O) groups is 1. The van der Waals surface area contributed by atoms with Crippen LogP contribution in [0.1, 0.15) is 21.7 Å². The predicted octanol–water partition coefficient (Wildman–Crippen LogP) is 1.52. The lowest BCUT2D eigenvalue weighted by molar-refractivity contribution is 0.00327. The van der Waals surface area contributed by atoms with E-state index in [1.54, 1.807) is 6.20 Å². The number of ether oxygens (including phenoxy) is 1. The van der Waals surface area contributed by atoms with Gasteiger partial charge in [-0.25, -0.2) is 4.98 Å². The molecule has 0 radical (unpaired) electrons. The second-order valence-electron chi connectivity index (χ2n) is 5.00. The topological polar surface area (TPSA) is 56.2 Å². The molecule has 1 atom stereocenters. The second-order valence-corrected chi connectivity index (χ2v) is 5.00. The summed E-state index contributed by atoms with van der Waals surface area (Å²) in [6.45, 7) is 3.73. The van der Waals surface area contributed by atoms with Crippen molar-refractivity contribution in [2.45, 2.75) is 26.2 Å². The number of aryl methyl sites for hydroxylation is 1. The largest absolute Gasteiger partial charge is 0.367 e. The number of fused-ring (bicyclic) bond motifs is 1. The quantitative estimate of drug-likeness (QED) is 0.921. The van der Waals surface area contributed by atoms with E-state index in [-0.39, 0.29) is 12.0 Å². The highest BCUT2D eigenvalue weighted by Gasteiger charge is 2.19. The Kier molecular flexibility index (Phi) is 3.52. The molecule has 0 fully saturated rings. The Morgan fingerprint density at radius 2 is 2.25 bits per heavy atom. The van der Waals surface area contributed by atoms with Gasteiger partial charge in [-0.05, 0) is 19.1 Å². The molecule has 1 aromatic heterocycles. The van der Waals surface area contributed by atoms with Crippen LogP contribution in [-0.4, -0.2) is 28.1 Å². The summed E-state index contributed by atoms with van der Waals surface area (Å²) in [6.07, 6.45) is 3.70.